The van der Waals surface area contributed by atoms with E-state index in [0.717, 1.165) is 24.2 Å². The van der Waals surface area contributed by atoms with E-state index >= 15 is 0 Å². The van der Waals surface area contributed by atoms with Crippen LogP contribution in [0.2, 0.25) is 0 Å². The second kappa shape index (κ2) is 4.16. The summed E-state index contributed by atoms with van der Waals surface area (Å²) in [5.74, 6) is 0.480. The van der Waals surface area contributed by atoms with Crippen molar-refractivity contribution in [3.05, 3.63) is 59.7 Å². The van der Waals surface area contributed by atoms with E-state index in [-0.39, 0.29) is 11.8 Å². The minimum atomic E-state index is -3.13. The van der Waals surface area contributed by atoms with Crippen molar-refractivity contribution < 1.29 is 12.7 Å². The lowest BCUT2D eigenvalue weighted by molar-refractivity contribution is -0.500. The van der Waals surface area contributed by atoms with E-state index in [1.807, 2.05) is 24.3 Å². The fourth-order valence-electron chi connectivity index (χ4n) is 5.07. The number of hydrogen-bond acceptors (Lipinski definition) is 2. The van der Waals surface area contributed by atoms with Gasteiger partial charge in [-0.15, -0.1) is 3.95 Å². The Morgan fingerprint density at radius 2 is 1.70 bits per heavy atom. The van der Waals surface area contributed by atoms with Crippen LogP contribution in [0, 0.1) is 0 Å². The van der Waals surface area contributed by atoms with Crippen molar-refractivity contribution in [3.63, 3.8) is 0 Å². The number of para-hydroxylation sites is 2. The van der Waals surface area contributed by atoms with Gasteiger partial charge in [0.1, 0.15) is 0 Å². The molecule has 5 heteroatoms. The Labute approximate surface area is 136 Å². The second-order valence-corrected chi connectivity index (χ2v) is 8.73. The maximum atomic E-state index is 12.8. The number of hydrogen-bond donors (Lipinski definition) is 2. The van der Waals surface area contributed by atoms with Crippen molar-refractivity contribution in [2.75, 3.05) is 11.6 Å². The number of fused-ring (bicyclic) bond motifs is 4. The monoisotopic (exact) mass is 327 g/mol. The first-order chi connectivity index (χ1) is 11.0. The molecule has 2 heterocycles. The smallest absolute Gasteiger partial charge is 0.280 e. The number of benzene rings is 2. The van der Waals surface area contributed by atoms with Gasteiger partial charge in [-0.2, -0.15) is 4.21 Å². The first-order valence-electron chi connectivity index (χ1n) is 8.01. The molecule has 0 aromatic heterocycles. The quantitative estimate of drug-likeness (QED) is 0.726. The fourth-order valence-corrected chi connectivity index (χ4v) is 6.46. The van der Waals surface area contributed by atoms with Gasteiger partial charge < -0.3 is 5.32 Å². The summed E-state index contributed by atoms with van der Waals surface area (Å²) < 4.78 is 25.1. The van der Waals surface area contributed by atoms with E-state index in [9.17, 15) is 8.76 Å². The first kappa shape index (κ1) is 13.6. The van der Waals surface area contributed by atoms with Crippen LogP contribution in [0.1, 0.15) is 35.8 Å². The first-order valence-corrected chi connectivity index (χ1v) is 9.89. The molecule has 1 fully saturated rings. The van der Waals surface area contributed by atoms with Crippen LogP contribution < -0.4 is 5.32 Å². The van der Waals surface area contributed by atoms with E-state index in [0.29, 0.717) is 0 Å². The minimum absolute atomic E-state index is 0.240. The Hall–Kier alpha value is -1.85. The second-order valence-electron chi connectivity index (χ2n) is 6.84. The zero-order valence-electron chi connectivity index (χ0n) is 12.9. The highest BCUT2D eigenvalue weighted by molar-refractivity contribution is 7.85. The largest absolute Gasteiger partial charge is 0.323 e. The molecule has 2 aliphatic heterocycles. The molecule has 2 N–H and O–H groups in total. The summed E-state index contributed by atoms with van der Waals surface area (Å²) in [5.41, 5.74) is 3.96. The molecule has 23 heavy (non-hydrogen) atoms. The molecule has 0 amide bonds. The van der Waals surface area contributed by atoms with Gasteiger partial charge in [0.25, 0.3) is 15.7 Å². The molecule has 118 valence electrons. The van der Waals surface area contributed by atoms with Crippen LogP contribution in [0.5, 0.6) is 0 Å². The van der Waals surface area contributed by atoms with Gasteiger partial charge in [0.2, 0.25) is 5.69 Å². The van der Waals surface area contributed by atoms with Crippen molar-refractivity contribution in [1.82, 2.24) is 0 Å². The Morgan fingerprint density at radius 3 is 2.43 bits per heavy atom. The summed E-state index contributed by atoms with van der Waals surface area (Å²) in [6, 6.07) is 16.4. The van der Waals surface area contributed by atoms with Gasteiger partial charge in [0.05, 0.1) is 18.1 Å². The number of nitrogens with zero attached hydrogens (tertiary/aromatic N) is 1. The van der Waals surface area contributed by atoms with Gasteiger partial charge in [0, 0.05) is 17.3 Å². The zero-order chi connectivity index (χ0) is 15.8. The van der Waals surface area contributed by atoms with Crippen LogP contribution in [-0.4, -0.2) is 24.6 Å². The molecule has 2 aromatic carbocycles. The lowest BCUT2D eigenvalue weighted by Gasteiger charge is -2.26. The molecular formula is C18H19N2O2S+. The molecule has 5 rings (SSSR count). The molecule has 0 saturated heterocycles. The summed E-state index contributed by atoms with van der Waals surface area (Å²) >= 11 is 0. The van der Waals surface area contributed by atoms with Gasteiger partial charge in [-0.1, -0.05) is 36.4 Å². The topological polar surface area (TPSA) is 52.3 Å². The minimum Gasteiger partial charge on any atom is -0.323 e. The molecule has 0 radical (unpaired) electrons. The summed E-state index contributed by atoms with van der Waals surface area (Å²) in [6.07, 6.45) is 3.50. The number of rotatable bonds is 0. The predicted octanol–water partition coefficient (Wildman–Crippen LogP) is 3.70. The third kappa shape index (κ3) is 1.52. The van der Waals surface area contributed by atoms with Crippen LogP contribution >= 0.6 is 0 Å². The van der Waals surface area contributed by atoms with E-state index in [2.05, 4.69) is 29.6 Å². The molecule has 4 unspecified atom stereocenters. The lowest BCUT2D eigenvalue weighted by Crippen LogP contribution is -2.48. The van der Waals surface area contributed by atoms with Crippen molar-refractivity contribution in [2.45, 2.75) is 30.3 Å². The normalized spacial score (nSPS) is 32.5. The molecule has 4 nitrogen and oxygen atoms in total. The summed E-state index contributed by atoms with van der Waals surface area (Å²) in [5, 5.41) is 3.66. The average Bonchev–Trinajstić information content (AvgIpc) is 3.08. The van der Waals surface area contributed by atoms with Crippen molar-refractivity contribution in [2.24, 2.45) is 0 Å². The highest BCUT2D eigenvalue weighted by Gasteiger charge is 2.70. The highest BCUT2D eigenvalue weighted by Crippen LogP contribution is 2.64. The maximum absolute atomic E-state index is 12.8. The fraction of sp³-hybridized carbons (Fsp3) is 0.333. The molecular weight excluding hydrogens is 308 g/mol. The number of nitrogens with one attached hydrogen (secondary N) is 1. The summed E-state index contributed by atoms with van der Waals surface area (Å²) in [4.78, 5) is 0. The van der Waals surface area contributed by atoms with Gasteiger partial charge in [-0.05, 0) is 24.5 Å². The summed E-state index contributed by atoms with van der Waals surface area (Å²) in [6.45, 7) is 0. The molecule has 1 saturated carbocycles. The van der Waals surface area contributed by atoms with Crippen LogP contribution in [0.15, 0.2) is 48.5 Å². The van der Waals surface area contributed by atoms with E-state index < -0.39 is 15.7 Å². The van der Waals surface area contributed by atoms with Gasteiger partial charge in [-0.3, -0.25) is 4.55 Å². The van der Waals surface area contributed by atoms with Crippen LogP contribution in [-0.2, 0) is 10.0 Å². The average molecular weight is 327 g/mol. The Kier molecular flexibility index (Phi) is 2.46. The maximum Gasteiger partial charge on any atom is 0.280 e. The van der Waals surface area contributed by atoms with Crippen LogP contribution in [0.3, 0.4) is 0 Å². The van der Waals surface area contributed by atoms with Crippen LogP contribution in [0.25, 0.3) is 0 Å². The van der Waals surface area contributed by atoms with E-state index in [1.165, 1.54) is 17.4 Å². The molecule has 1 spiro atoms. The summed E-state index contributed by atoms with van der Waals surface area (Å²) in [7, 11) is -3.13. The standard InChI is InChI=1S/C18H18N2O2S/c1-23(21,22)20-17-9-5-3-7-13(17)15-11-10-14-12-6-2-4-8-16(12)19-18(14,15)20/h2-9,14-15,19H,10-11H2,1H3/p+1. The Balaban J connectivity index is 1.87. The van der Waals surface area contributed by atoms with E-state index in [1.54, 1.807) is 3.95 Å². The Bertz CT molecular complexity index is 945. The lowest BCUT2D eigenvalue weighted by atomic mass is 9.88. The third-order valence-electron chi connectivity index (χ3n) is 5.68. The molecule has 3 aliphatic rings. The van der Waals surface area contributed by atoms with Gasteiger partial charge in [-0.25, -0.2) is 0 Å². The SMILES string of the molecule is CS(=O)(O)=[N+]1c2ccccc2C2CCC3c4ccccc4NC321. The molecule has 4 atom stereocenters. The van der Waals surface area contributed by atoms with Crippen molar-refractivity contribution in [1.29, 1.82) is 0 Å². The number of anilines is 1. The van der Waals surface area contributed by atoms with Gasteiger partial charge >= 0.3 is 0 Å². The highest BCUT2D eigenvalue weighted by atomic mass is 32.2. The molecule has 2 aromatic rings. The predicted molar refractivity (Wildman–Crippen MR) is 90.6 cm³/mol. The third-order valence-corrected chi connectivity index (χ3v) is 6.86. The van der Waals surface area contributed by atoms with Crippen LogP contribution in [0.4, 0.5) is 11.4 Å². The van der Waals surface area contributed by atoms with Crippen molar-refractivity contribution >= 4 is 21.4 Å². The molecule has 0 bridgehead atoms. The zero-order valence-corrected chi connectivity index (χ0v) is 13.7. The van der Waals surface area contributed by atoms with Crippen molar-refractivity contribution in [3.8, 4) is 0 Å². The van der Waals surface area contributed by atoms with Gasteiger partial charge in [0.15, 0.2) is 0 Å². The van der Waals surface area contributed by atoms with E-state index in [4.69, 9.17) is 0 Å². The molecule has 1 aliphatic carbocycles. The Morgan fingerprint density at radius 1 is 1.09 bits per heavy atom.